The van der Waals surface area contributed by atoms with Crippen molar-refractivity contribution in [2.75, 3.05) is 45.9 Å². The van der Waals surface area contributed by atoms with E-state index in [2.05, 4.69) is 4.90 Å². The Bertz CT molecular complexity index is 359. The van der Waals surface area contributed by atoms with E-state index in [9.17, 15) is 8.42 Å². The molecule has 17 heavy (non-hydrogen) atoms. The Morgan fingerprint density at radius 2 is 2.00 bits per heavy atom. The standard InChI is InChI=1S/C9H18N4O3S/c10-2-1-3-13(17(11,14)15)5-4-12-6-8-16-9-7-12/h1,3-9H2,(H2,11,14,15). The van der Waals surface area contributed by atoms with Gasteiger partial charge in [0.25, 0.3) is 10.2 Å². The summed E-state index contributed by atoms with van der Waals surface area (Å²) in [6, 6.07) is 1.91. The molecule has 1 rings (SSSR count). The van der Waals surface area contributed by atoms with Crippen LogP contribution < -0.4 is 5.14 Å². The predicted octanol–water partition coefficient (Wildman–Crippen LogP) is -1.26. The van der Waals surface area contributed by atoms with Crippen molar-refractivity contribution in [3.05, 3.63) is 0 Å². The normalized spacial score (nSPS) is 18.2. The number of rotatable bonds is 6. The smallest absolute Gasteiger partial charge is 0.276 e. The Morgan fingerprint density at radius 1 is 1.35 bits per heavy atom. The average Bonchev–Trinajstić information content (AvgIpc) is 2.29. The van der Waals surface area contributed by atoms with Gasteiger partial charge in [-0.25, -0.2) is 5.14 Å². The van der Waals surface area contributed by atoms with Gasteiger partial charge in [-0.3, -0.25) is 4.90 Å². The molecule has 0 aromatic rings. The van der Waals surface area contributed by atoms with Crippen LogP contribution in [0.5, 0.6) is 0 Å². The van der Waals surface area contributed by atoms with Gasteiger partial charge in [0.05, 0.1) is 19.3 Å². The summed E-state index contributed by atoms with van der Waals surface area (Å²) < 4.78 is 28.9. The molecule has 8 heteroatoms. The van der Waals surface area contributed by atoms with E-state index >= 15 is 0 Å². The maximum absolute atomic E-state index is 11.3. The quantitative estimate of drug-likeness (QED) is 0.644. The Kier molecular flexibility index (Phi) is 5.80. The molecule has 0 spiro atoms. The largest absolute Gasteiger partial charge is 0.379 e. The van der Waals surface area contributed by atoms with E-state index < -0.39 is 10.2 Å². The molecule has 7 nitrogen and oxygen atoms in total. The van der Waals surface area contributed by atoms with Crippen molar-refractivity contribution >= 4 is 10.2 Å². The Labute approximate surface area is 102 Å². The average molecular weight is 262 g/mol. The molecule has 0 aliphatic carbocycles. The van der Waals surface area contributed by atoms with Crippen LogP contribution in [0.15, 0.2) is 0 Å². The third-order valence-corrected chi connectivity index (χ3v) is 3.69. The maximum Gasteiger partial charge on any atom is 0.276 e. The zero-order valence-corrected chi connectivity index (χ0v) is 10.5. The van der Waals surface area contributed by atoms with Crippen LogP contribution in [0.1, 0.15) is 6.42 Å². The maximum atomic E-state index is 11.3. The number of morpholine rings is 1. The van der Waals surface area contributed by atoms with Gasteiger partial charge < -0.3 is 4.74 Å². The molecule has 0 aromatic carbocycles. The fourth-order valence-corrected chi connectivity index (χ4v) is 2.30. The first-order valence-corrected chi connectivity index (χ1v) is 6.99. The molecule has 98 valence electrons. The summed E-state index contributed by atoms with van der Waals surface area (Å²) in [4.78, 5) is 2.12. The van der Waals surface area contributed by atoms with Crippen LogP contribution in [0.3, 0.4) is 0 Å². The van der Waals surface area contributed by atoms with Crippen molar-refractivity contribution in [2.45, 2.75) is 6.42 Å². The molecule has 1 aliphatic heterocycles. The molecule has 0 bridgehead atoms. The van der Waals surface area contributed by atoms with E-state index in [1.807, 2.05) is 6.07 Å². The predicted molar refractivity (Wildman–Crippen MR) is 62.2 cm³/mol. The van der Waals surface area contributed by atoms with Gasteiger partial charge in [0.1, 0.15) is 0 Å². The second-order valence-electron chi connectivity index (χ2n) is 3.81. The van der Waals surface area contributed by atoms with Gasteiger partial charge in [-0.05, 0) is 0 Å². The number of hydrogen-bond acceptors (Lipinski definition) is 5. The van der Waals surface area contributed by atoms with Crippen LogP contribution in [0, 0.1) is 11.3 Å². The van der Waals surface area contributed by atoms with Crippen molar-refractivity contribution in [1.82, 2.24) is 9.21 Å². The lowest BCUT2D eigenvalue weighted by Gasteiger charge is -2.28. The summed E-state index contributed by atoms with van der Waals surface area (Å²) in [5.74, 6) is 0. The number of ether oxygens (including phenoxy) is 1. The molecule has 0 radical (unpaired) electrons. The summed E-state index contributed by atoms with van der Waals surface area (Å²) >= 11 is 0. The highest BCUT2D eigenvalue weighted by Gasteiger charge is 2.18. The van der Waals surface area contributed by atoms with Crippen LogP contribution in [-0.4, -0.2) is 63.6 Å². The topological polar surface area (TPSA) is 99.7 Å². The summed E-state index contributed by atoms with van der Waals surface area (Å²) in [6.45, 7) is 4.04. The van der Waals surface area contributed by atoms with Gasteiger partial charge in [0, 0.05) is 39.1 Å². The van der Waals surface area contributed by atoms with Gasteiger partial charge >= 0.3 is 0 Å². The van der Waals surface area contributed by atoms with Crippen molar-refractivity contribution in [2.24, 2.45) is 5.14 Å². The minimum absolute atomic E-state index is 0.152. The highest BCUT2D eigenvalue weighted by Crippen LogP contribution is 2.01. The fourth-order valence-electron chi connectivity index (χ4n) is 1.62. The molecule has 0 unspecified atom stereocenters. The number of hydrogen-bond donors (Lipinski definition) is 1. The SMILES string of the molecule is N#CCCN(CCN1CCOCC1)S(N)(=O)=O. The molecular weight excluding hydrogens is 244 g/mol. The van der Waals surface area contributed by atoms with Gasteiger partial charge in [-0.2, -0.15) is 18.0 Å². The minimum Gasteiger partial charge on any atom is -0.379 e. The van der Waals surface area contributed by atoms with Crippen molar-refractivity contribution in [3.63, 3.8) is 0 Å². The lowest BCUT2D eigenvalue weighted by atomic mass is 10.4. The van der Waals surface area contributed by atoms with Crippen molar-refractivity contribution in [1.29, 1.82) is 5.26 Å². The zero-order chi connectivity index (χ0) is 12.7. The molecule has 0 aromatic heterocycles. The molecular formula is C9H18N4O3S. The van der Waals surface area contributed by atoms with E-state index in [1.165, 1.54) is 0 Å². The second-order valence-corrected chi connectivity index (χ2v) is 5.35. The number of nitriles is 1. The van der Waals surface area contributed by atoms with Crippen molar-refractivity contribution < 1.29 is 13.2 Å². The van der Waals surface area contributed by atoms with E-state index in [1.54, 1.807) is 0 Å². The Balaban J connectivity index is 2.40. The first-order chi connectivity index (χ1) is 8.04. The van der Waals surface area contributed by atoms with Crippen molar-refractivity contribution in [3.8, 4) is 6.07 Å². The Hall–Kier alpha value is -0.720. The van der Waals surface area contributed by atoms with Crippen LogP contribution in [0.25, 0.3) is 0 Å². The summed E-state index contributed by atoms with van der Waals surface area (Å²) in [7, 11) is -3.71. The molecule has 1 aliphatic rings. The third-order valence-electron chi connectivity index (χ3n) is 2.60. The lowest BCUT2D eigenvalue weighted by molar-refractivity contribution is 0.0363. The van der Waals surface area contributed by atoms with Gasteiger partial charge in [0.2, 0.25) is 0 Å². The van der Waals surface area contributed by atoms with E-state index in [-0.39, 0.29) is 13.0 Å². The second kappa shape index (κ2) is 6.88. The van der Waals surface area contributed by atoms with E-state index in [0.29, 0.717) is 26.3 Å². The minimum atomic E-state index is -3.71. The Morgan fingerprint density at radius 3 is 2.53 bits per heavy atom. The molecule has 1 heterocycles. The molecule has 2 N–H and O–H groups in total. The fraction of sp³-hybridized carbons (Fsp3) is 0.889. The third kappa shape index (κ3) is 5.43. The monoisotopic (exact) mass is 262 g/mol. The molecule has 0 saturated carbocycles. The highest BCUT2D eigenvalue weighted by atomic mass is 32.2. The van der Waals surface area contributed by atoms with Gasteiger partial charge in [-0.1, -0.05) is 0 Å². The molecule has 0 amide bonds. The summed E-state index contributed by atoms with van der Waals surface area (Å²) in [5.41, 5.74) is 0. The highest BCUT2D eigenvalue weighted by molar-refractivity contribution is 7.86. The first kappa shape index (κ1) is 14.3. The van der Waals surface area contributed by atoms with Crippen LogP contribution >= 0.6 is 0 Å². The van der Waals surface area contributed by atoms with E-state index in [0.717, 1.165) is 17.4 Å². The summed E-state index contributed by atoms with van der Waals surface area (Å²) in [6.07, 6.45) is 0.152. The molecule has 1 fully saturated rings. The van der Waals surface area contributed by atoms with Crippen LogP contribution in [0.2, 0.25) is 0 Å². The number of nitrogens with zero attached hydrogens (tertiary/aromatic N) is 3. The van der Waals surface area contributed by atoms with E-state index in [4.69, 9.17) is 15.1 Å². The molecule has 0 atom stereocenters. The van der Waals surface area contributed by atoms with Crippen LogP contribution in [0.4, 0.5) is 0 Å². The van der Waals surface area contributed by atoms with Gasteiger partial charge in [0.15, 0.2) is 0 Å². The lowest BCUT2D eigenvalue weighted by Crippen LogP contribution is -2.45. The van der Waals surface area contributed by atoms with Gasteiger partial charge in [-0.15, -0.1) is 0 Å². The summed E-state index contributed by atoms with van der Waals surface area (Å²) in [5, 5.41) is 13.5. The first-order valence-electron chi connectivity index (χ1n) is 5.49. The van der Waals surface area contributed by atoms with Crippen LogP contribution in [-0.2, 0) is 14.9 Å². The number of nitrogens with two attached hydrogens (primary N) is 1. The molecule has 1 saturated heterocycles. The zero-order valence-electron chi connectivity index (χ0n) is 9.71.